The first-order valence-corrected chi connectivity index (χ1v) is 4.80. The van der Waals surface area contributed by atoms with Crippen LogP contribution in [0.25, 0.3) is 0 Å². The Hall–Kier alpha value is -1.82. The number of nitriles is 1. The molecule has 1 aromatic rings. The lowest BCUT2D eigenvalue weighted by Gasteiger charge is -2.15. The lowest BCUT2D eigenvalue weighted by Crippen LogP contribution is -2.25. The summed E-state index contributed by atoms with van der Waals surface area (Å²) in [5, 5.41) is 8.40. The van der Waals surface area contributed by atoms with Gasteiger partial charge >= 0.3 is 0 Å². The molecule has 78 valence electrons. The van der Waals surface area contributed by atoms with Crippen molar-refractivity contribution in [3.63, 3.8) is 0 Å². The van der Waals surface area contributed by atoms with Gasteiger partial charge in [-0.25, -0.2) is 0 Å². The molecule has 0 saturated heterocycles. The Bertz CT molecular complexity index is 393. The molecule has 0 bridgehead atoms. The molecule has 0 radical (unpaired) electrons. The van der Waals surface area contributed by atoms with E-state index in [0.29, 0.717) is 6.54 Å². The SMILES string of the molecule is Cc1cccc(CN(C)C(=O)CC#N)c1. The summed E-state index contributed by atoms with van der Waals surface area (Å²) in [6.07, 6.45) is -0.0533. The number of hydrogen-bond donors (Lipinski definition) is 0. The molecule has 0 aliphatic carbocycles. The molecule has 0 atom stereocenters. The molecule has 3 nitrogen and oxygen atoms in total. The fraction of sp³-hybridized carbons (Fsp3) is 0.333. The summed E-state index contributed by atoms with van der Waals surface area (Å²) in [5.41, 5.74) is 2.26. The van der Waals surface area contributed by atoms with E-state index in [0.717, 1.165) is 5.56 Å². The molecule has 0 aliphatic rings. The largest absolute Gasteiger partial charge is 0.341 e. The Kier molecular flexibility index (Phi) is 3.87. The third-order valence-electron chi connectivity index (χ3n) is 2.16. The van der Waals surface area contributed by atoms with Crippen molar-refractivity contribution in [2.45, 2.75) is 19.9 Å². The standard InChI is InChI=1S/C12H14N2O/c1-10-4-3-5-11(8-10)9-14(2)12(15)6-7-13/h3-5,8H,6,9H2,1-2H3. The summed E-state index contributed by atoms with van der Waals surface area (Å²) in [6, 6.07) is 9.85. The molecular formula is C12H14N2O. The number of carbonyl (C=O) groups excluding carboxylic acids is 1. The minimum Gasteiger partial charge on any atom is -0.341 e. The highest BCUT2D eigenvalue weighted by Gasteiger charge is 2.07. The van der Waals surface area contributed by atoms with Gasteiger partial charge in [0.2, 0.25) is 5.91 Å². The predicted octanol–water partition coefficient (Wildman–Crippen LogP) is 1.87. The van der Waals surface area contributed by atoms with E-state index in [9.17, 15) is 4.79 Å². The van der Waals surface area contributed by atoms with Gasteiger partial charge in [0.05, 0.1) is 6.07 Å². The maximum atomic E-state index is 11.3. The molecular weight excluding hydrogens is 188 g/mol. The van der Waals surface area contributed by atoms with Gasteiger partial charge in [0.15, 0.2) is 0 Å². The van der Waals surface area contributed by atoms with Gasteiger partial charge in [-0.05, 0) is 12.5 Å². The molecule has 0 aliphatic heterocycles. The van der Waals surface area contributed by atoms with E-state index in [1.807, 2.05) is 37.3 Å². The highest BCUT2D eigenvalue weighted by atomic mass is 16.2. The molecule has 15 heavy (non-hydrogen) atoms. The van der Waals surface area contributed by atoms with E-state index < -0.39 is 0 Å². The highest BCUT2D eigenvalue weighted by Crippen LogP contribution is 2.07. The molecule has 0 unspecified atom stereocenters. The maximum Gasteiger partial charge on any atom is 0.236 e. The zero-order valence-electron chi connectivity index (χ0n) is 9.03. The number of nitrogens with zero attached hydrogens (tertiary/aromatic N) is 2. The van der Waals surface area contributed by atoms with Gasteiger partial charge in [0.1, 0.15) is 6.42 Å². The van der Waals surface area contributed by atoms with Crippen LogP contribution >= 0.6 is 0 Å². The van der Waals surface area contributed by atoms with Crippen LogP contribution in [0.5, 0.6) is 0 Å². The number of rotatable bonds is 3. The average molecular weight is 202 g/mol. The van der Waals surface area contributed by atoms with Crippen molar-refractivity contribution in [1.29, 1.82) is 5.26 Å². The van der Waals surface area contributed by atoms with Crippen LogP contribution in [0.2, 0.25) is 0 Å². The van der Waals surface area contributed by atoms with Crippen LogP contribution in [0.4, 0.5) is 0 Å². The number of hydrogen-bond acceptors (Lipinski definition) is 2. The van der Waals surface area contributed by atoms with Gasteiger partial charge in [-0.1, -0.05) is 29.8 Å². The average Bonchev–Trinajstić information content (AvgIpc) is 2.18. The minimum absolute atomic E-state index is 0.0533. The molecule has 0 saturated carbocycles. The summed E-state index contributed by atoms with van der Waals surface area (Å²) in [4.78, 5) is 12.9. The predicted molar refractivity (Wildman–Crippen MR) is 57.9 cm³/mol. The third kappa shape index (κ3) is 3.43. The number of aryl methyl sites for hydroxylation is 1. The van der Waals surface area contributed by atoms with E-state index in [1.54, 1.807) is 11.9 Å². The van der Waals surface area contributed by atoms with Crippen LogP contribution in [0, 0.1) is 18.3 Å². The smallest absolute Gasteiger partial charge is 0.236 e. The fourth-order valence-electron chi connectivity index (χ4n) is 1.38. The Morgan fingerprint density at radius 3 is 2.87 bits per heavy atom. The molecule has 0 aromatic heterocycles. The number of amides is 1. The molecule has 0 fully saturated rings. The van der Waals surface area contributed by atoms with Gasteiger partial charge in [-0.2, -0.15) is 5.26 Å². The molecule has 0 spiro atoms. The third-order valence-corrected chi connectivity index (χ3v) is 2.16. The van der Waals surface area contributed by atoms with Gasteiger partial charge in [0.25, 0.3) is 0 Å². The van der Waals surface area contributed by atoms with Crippen LogP contribution in [0.3, 0.4) is 0 Å². The Balaban J connectivity index is 2.63. The van der Waals surface area contributed by atoms with Gasteiger partial charge in [0, 0.05) is 13.6 Å². The second-order valence-corrected chi connectivity index (χ2v) is 3.57. The van der Waals surface area contributed by atoms with Crippen LogP contribution in [-0.2, 0) is 11.3 Å². The van der Waals surface area contributed by atoms with Gasteiger partial charge in [-0.15, -0.1) is 0 Å². The van der Waals surface area contributed by atoms with Crippen LogP contribution in [0.1, 0.15) is 17.5 Å². The first kappa shape index (κ1) is 11.3. The maximum absolute atomic E-state index is 11.3. The summed E-state index contributed by atoms with van der Waals surface area (Å²) in [6.45, 7) is 2.57. The van der Waals surface area contributed by atoms with Gasteiger partial charge < -0.3 is 4.90 Å². The molecule has 1 amide bonds. The van der Waals surface area contributed by atoms with Crippen LogP contribution in [0.15, 0.2) is 24.3 Å². The van der Waals surface area contributed by atoms with Crippen molar-refractivity contribution in [3.8, 4) is 6.07 Å². The molecule has 0 heterocycles. The fourth-order valence-corrected chi connectivity index (χ4v) is 1.38. The van der Waals surface area contributed by atoms with Crippen LogP contribution in [-0.4, -0.2) is 17.9 Å². The van der Waals surface area contributed by atoms with Crippen molar-refractivity contribution in [2.75, 3.05) is 7.05 Å². The quantitative estimate of drug-likeness (QED) is 0.751. The lowest BCUT2D eigenvalue weighted by atomic mass is 10.1. The second-order valence-electron chi connectivity index (χ2n) is 3.57. The van der Waals surface area contributed by atoms with Crippen molar-refractivity contribution in [3.05, 3.63) is 35.4 Å². The van der Waals surface area contributed by atoms with Crippen molar-refractivity contribution in [1.82, 2.24) is 4.90 Å². The van der Waals surface area contributed by atoms with E-state index in [2.05, 4.69) is 0 Å². The zero-order valence-corrected chi connectivity index (χ0v) is 9.03. The summed E-state index contributed by atoms with van der Waals surface area (Å²) < 4.78 is 0. The van der Waals surface area contributed by atoms with Crippen LogP contribution < -0.4 is 0 Å². The normalized spacial score (nSPS) is 9.40. The summed E-state index contributed by atoms with van der Waals surface area (Å²) >= 11 is 0. The Labute approximate surface area is 89.9 Å². The van der Waals surface area contributed by atoms with Crippen molar-refractivity contribution in [2.24, 2.45) is 0 Å². The van der Waals surface area contributed by atoms with E-state index in [1.165, 1.54) is 5.56 Å². The van der Waals surface area contributed by atoms with E-state index >= 15 is 0 Å². The zero-order chi connectivity index (χ0) is 11.3. The summed E-state index contributed by atoms with van der Waals surface area (Å²) in [7, 11) is 1.71. The first-order chi connectivity index (χ1) is 7.13. The Morgan fingerprint density at radius 2 is 2.27 bits per heavy atom. The minimum atomic E-state index is -0.140. The molecule has 0 N–H and O–H groups in total. The molecule has 3 heteroatoms. The van der Waals surface area contributed by atoms with Gasteiger partial charge in [-0.3, -0.25) is 4.79 Å². The van der Waals surface area contributed by atoms with E-state index in [4.69, 9.17) is 5.26 Å². The van der Waals surface area contributed by atoms with Crippen molar-refractivity contribution >= 4 is 5.91 Å². The lowest BCUT2D eigenvalue weighted by molar-refractivity contribution is -0.129. The second kappa shape index (κ2) is 5.16. The molecule has 1 aromatic carbocycles. The topological polar surface area (TPSA) is 44.1 Å². The molecule has 1 rings (SSSR count). The highest BCUT2D eigenvalue weighted by molar-refractivity contribution is 5.77. The monoisotopic (exact) mass is 202 g/mol. The first-order valence-electron chi connectivity index (χ1n) is 4.80. The number of benzene rings is 1. The number of carbonyl (C=O) groups is 1. The Morgan fingerprint density at radius 1 is 1.53 bits per heavy atom. The summed E-state index contributed by atoms with van der Waals surface area (Å²) in [5.74, 6) is -0.140. The van der Waals surface area contributed by atoms with Crippen molar-refractivity contribution < 1.29 is 4.79 Å². The van der Waals surface area contributed by atoms with E-state index in [-0.39, 0.29) is 12.3 Å².